The molecule has 2 aromatic rings. The molecule has 1 fully saturated rings. The number of benzene rings is 2. The quantitative estimate of drug-likeness (QED) is 0.912. The van der Waals surface area contributed by atoms with Crippen LogP contribution >= 0.6 is 0 Å². The number of hydrogen-bond acceptors (Lipinski definition) is 2. The number of hydrogen-bond donors (Lipinski definition) is 1. The summed E-state index contributed by atoms with van der Waals surface area (Å²) in [5, 5.41) is 3.43. The van der Waals surface area contributed by atoms with Gasteiger partial charge in [-0.2, -0.15) is 0 Å². The molecule has 2 aliphatic rings. The lowest BCUT2D eigenvalue weighted by atomic mass is 10.0. The summed E-state index contributed by atoms with van der Waals surface area (Å²) in [5.74, 6) is -0.722. The highest BCUT2D eigenvalue weighted by atomic mass is 19.1. The fraction of sp³-hybridized carbons (Fsp3) is 0.429. The highest BCUT2D eigenvalue weighted by Crippen LogP contribution is 2.27. The van der Waals surface area contributed by atoms with Crippen molar-refractivity contribution in [3.05, 3.63) is 70.8 Å². The molecule has 2 aromatic carbocycles. The van der Waals surface area contributed by atoms with Crippen LogP contribution in [0.15, 0.2) is 42.5 Å². The van der Waals surface area contributed by atoms with Gasteiger partial charge in [-0.15, -0.1) is 0 Å². The number of likely N-dealkylation sites (tertiary alicyclic amines) is 1. The first-order chi connectivity index (χ1) is 12.2. The molecule has 0 aromatic heterocycles. The second kappa shape index (κ2) is 7.22. The van der Waals surface area contributed by atoms with Gasteiger partial charge in [0.15, 0.2) is 0 Å². The third kappa shape index (κ3) is 3.75. The van der Waals surface area contributed by atoms with Crippen molar-refractivity contribution >= 4 is 0 Å². The van der Waals surface area contributed by atoms with Gasteiger partial charge in [0.05, 0.1) is 0 Å². The molecule has 1 aliphatic heterocycles. The predicted octanol–water partition coefficient (Wildman–Crippen LogP) is 3.69. The Morgan fingerprint density at radius 3 is 2.56 bits per heavy atom. The van der Waals surface area contributed by atoms with Gasteiger partial charge in [-0.1, -0.05) is 24.3 Å². The monoisotopic (exact) mass is 342 g/mol. The lowest BCUT2D eigenvalue weighted by Gasteiger charge is -2.37. The lowest BCUT2D eigenvalue weighted by molar-refractivity contribution is 0.140. The Hall–Kier alpha value is -1.78. The van der Waals surface area contributed by atoms with Crippen molar-refractivity contribution < 1.29 is 8.78 Å². The maximum atomic E-state index is 13.8. The fourth-order valence-corrected chi connectivity index (χ4v) is 4.23. The Morgan fingerprint density at radius 2 is 1.80 bits per heavy atom. The molecule has 1 unspecified atom stereocenters. The van der Waals surface area contributed by atoms with Crippen LogP contribution in [-0.2, 0) is 19.4 Å². The lowest BCUT2D eigenvalue weighted by Crippen LogP contribution is -2.49. The molecule has 25 heavy (non-hydrogen) atoms. The molecule has 1 saturated heterocycles. The molecule has 0 amide bonds. The molecule has 0 bridgehead atoms. The van der Waals surface area contributed by atoms with Gasteiger partial charge in [-0.25, -0.2) is 8.78 Å². The molecule has 4 rings (SSSR count). The first-order valence-electron chi connectivity index (χ1n) is 9.17. The minimum absolute atomic E-state index is 0.333. The summed E-state index contributed by atoms with van der Waals surface area (Å²) in [7, 11) is 0. The largest absolute Gasteiger partial charge is 0.309 e. The summed E-state index contributed by atoms with van der Waals surface area (Å²) in [6.45, 7) is 2.49. The first kappa shape index (κ1) is 16.7. The number of piperidine rings is 1. The normalized spacial score (nSPS) is 21.4. The van der Waals surface area contributed by atoms with Crippen molar-refractivity contribution in [1.29, 1.82) is 0 Å². The van der Waals surface area contributed by atoms with E-state index in [0.29, 0.717) is 24.2 Å². The number of nitrogens with zero attached hydrogens (tertiary/aromatic N) is 1. The van der Waals surface area contributed by atoms with Crippen LogP contribution in [0.1, 0.15) is 29.5 Å². The van der Waals surface area contributed by atoms with Gasteiger partial charge in [0, 0.05) is 30.7 Å². The van der Waals surface area contributed by atoms with Crippen LogP contribution in [0, 0.1) is 11.6 Å². The molecule has 1 aliphatic carbocycles. The summed E-state index contributed by atoms with van der Waals surface area (Å²) in [4.78, 5) is 2.57. The van der Waals surface area contributed by atoms with Crippen molar-refractivity contribution in [2.75, 3.05) is 13.1 Å². The van der Waals surface area contributed by atoms with E-state index in [2.05, 4.69) is 34.5 Å². The SMILES string of the molecule is Fc1ccc(F)c(CNC2CCCN(C3Cc4ccccc4C3)C2)c1. The Balaban J connectivity index is 1.35. The molecule has 0 radical (unpaired) electrons. The molecule has 4 heteroatoms. The number of nitrogens with one attached hydrogen (secondary N) is 1. The van der Waals surface area contributed by atoms with Gasteiger partial charge < -0.3 is 5.32 Å². The van der Waals surface area contributed by atoms with Crippen LogP contribution in [0.5, 0.6) is 0 Å². The van der Waals surface area contributed by atoms with Gasteiger partial charge in [0.2, 0.25) is 0 Å². The predicted molar refractivity (Wildman–Crippen MR) is 95.4 cm³/mol. The maximum Gasteiger partial charge on any atom is 0.127 e. The zero-order valence-electron chi connectivity index (χ0n) is 14.3. The van der Waals surface area contributed by atoms with Crippen molar-refractivity contribution in [1.82, 2.24) is 10.2 Å². The summed E-state index contributed by atoms with van der Waals surface area (Å²) >= 11 is 0. The standard InChI is InChI=1S/C21H24F2N2/c22-18-7-8-21(23)17(10-18)13-24-19-6-3-9-25(14-19)20-11-15-4-1-2-5-16(15)12-20/h1-2,4-5,7-8,10,19-20,24H,3,6,9,11-14H2. The third-order valence-corrected chi connectivity index (χ3v) is 5.59. The topological polar surface area (TPSA) is 15.3 Å². The minimum Gasteiger partial charge on any atom is -0.309 e. The van der Waals surface area contributed by atoms with Crippen molar-refractivity contribution in [3.63, 3.8) is 0 Å². The molecule has 0 spiro atoms. The Labute approximate surface area is 147 Å². The Bertz CT molecular complexity index is 721. The molecule has 1 atom stereocenters. The second-order valence-electron chi connectivity index (χ2n) is 7.28. The molecule has 0 saturated carbocycles. The molecule has 2 nitrogen and oxygen atoms in total. The van der Waals surface area contributed by atoms with E-state index in [9.17, 15) is 8.78 Å². The van der Waals surface area contributed by atoms with E-state index >= 15 is 0 Å². The Morgan fingerprint density at radius 1 is 1.04 bits per heavy atom. The summed E-state index contributed by atoms with van der Waals surface area (Å²) in [6, 6.07) is 13.3. The average molecular weight is 342 g/mol. The van der Waals surface area contributed by atoms with Crippen molar-refractivity contribution in [2.45, 2.75) is 44.3 Å². The summed E-state index contributed by atoms with van der Waals surface area (Å²) in [6.07, 6.45) is 4.49. The second-order valence-corrected chi connectivity index (χ2v) is 7.28. The smallest absolute Gasteiger partial charge is 0.127 e. The van der Waals surface area contributed by atoms with Crippen LogP contribution in [0.2, 0.25) is 0 Å². The van der Waals surface area contributed by atoms with Crippen LogP contribution in [0.3, 0.4) is 0 Å². The number of fused-ring (bicyclic) bond motifs is 1. The highest BCUT2D eigenvalue weighted by Gasteiger charge is 2.30. The van der Waals surface area contributed by atoms with E-state index in [1.807, 2.05) is 0 Å². The van der Waals surface area contributed by atoms with Gasteiger partial charge in [-0.05, 0) is 61.6 Å². The van der Waals surface area contributed by atoms with E-state index in [1.165, 1.54) is 29.3 Å². The molecule has 132 valence electrons. The average Bonchev–Trinajstić information content (AvgIpc) is 3.07. The maximum absolute atomic E-state index is 13.8. The summed E-state index contributed by atoms with van der Waals surface area (Å²) < 4.78 is 27.1. The zero-order chi connectivity index (χ0) is 17.2. The van der Waals surface area contributed by atoms with E-state index in [0.717, 1.165) is 38.8 Å². The van der Waals surface area contributed by atoms with Crippen LogP contribution in [0.4, 0.5) is 8.78 Å². The molecular formula is C21H24F2N2. The molecular weight excluding hydrogens is 318 g/mol. The van der Waals surface area contributed by atoms with Crippen molar-refractivity contribution in [3.8, 4) is 0 Å². The minimum atomic E-state index is -0.382. The van der Waals surface area contributed by atoms with Gasteiger partial charge >= 0.3 is 0 Å². The Kier molecular flexibility index (Phi) is 4.82. The fourth-order valence-electron chi connectivity index (χ4n) is 4.23. The highest BCUT2D eigenvalue weighted by molar-refractivity contribution is 5.33. The van der Waals surface area contributed by atoms with Gasteiger partial charge in [0.1, 0.15) is 11.6 Å². The molecule has 1 N–H and O–H groups in total. The van der Waals surface area contributed by atoms with Gasteiger partial charge in [0.25, 0.3) is 0 Å². The van der Waals surface area contributed by atoms with E-state index in [1.54, 1.807) is 0 Å². The number of rotatable bonds is 4. The van der Waals surface area contributed by atoms with Crippen LogP contribution < -0.4 is 5.32 Å². The molecule has 1 heterocycles. The van der Waals surface area contributed by atoms with E-state index in [4.69, 9.17) is 0 Å². The number of halogens is 2. The summed E-state index contributed by atoms with van der Waals surface area (Å²) in [5.41, 5.74) is 3.36. The van der Waals surface area contributed by atoms with Gasteiger partial charge in [-0.3, -0.25) is 4.90 Å². The van der Waals surface area contributed by atoms with Crippen molar-refractivity contribution in [2.24, 2.45) is 0 Å². The third-order valence-electron chi connectivity index (χ3n) is 5.59. The van der Waals surface area contributed by atoms with E-state index < -0.39 is 0 Å². The first-order valence-corrected chi connectivity index (χ1v) is 9.17. The zero-order valence-corrected chi connectivity index (χ0v) is 14.3. The van der Waals surface area contributed by atoms with Crippen LogP contribution in [-0.4, -0.2) is 30.1 Å². The van der Waals surface area contributed by atoms with Crippen LogP contribution in [0.25, 0.3) is 0 Å². The van der Waals surface area contributed by atoms with E-state index in [-0.39, 0.29) is 11.6 Å².